The second kappa shape index (κ2) is 8.62. The van der Waals surface area contributed by atoms with Crippen LogP contribution in [0.1, 0.15) is 0 Å². The van der Waals surface area contributed by atoms with Crippen molar-refractivity contribution in [2.75, 3.05) is 13.2 Å². The van der Waals surface area contributed by atoms with Crippen molar-refractivity contribution in [2.45, 2.75) is 24.2 Å². The van der Waals surface area contributed by atoms with Crippen molar-refractivity contribution in [2.24, 2.45) is 0 Å². The van der Waals surface area contributed by atoms with Crippen molar-refractivity contribution in [1.29, 1.82) is 0 Å². The van der Waals surface area contributed by atoms with E-state index in [2.05, 4.69) is 9.47 Å². The number of ether oxygens (including phenoxy) is 2. The zero-order chi connectivity index (χ0) is 23.5. The molecule has 168 valence electrons. The van der Waals surface area contributed by atoms with Crippen molar-refractivity contribution in [1.82, 2.24) is 0 Å². The Balaban J connectivity index is 2.83. The van der Waals surface area contributed by atoms with Crippen LogP contribution in [-0.4, -0.2) is 53.2 Å². The molecule has 1 aromatic rings. The SMILES string of the molecule is O=C(COc1ccc([N+](=O)[O-])cc1[N+](=O)[O-])OCC(F)(F)C(F)(F)C(F)(F)C(F)F. The molecule has 0 N–H and O–H groups in total. The van der Waals surface area contributed by atoms with Crippen LogP contribution in [0.3, 0.4) is 0 Å². The number of alkyl halides is 8. The second-order valence-corrected chi connectivity index (χ2v) is 5.32. The molecule has 17 heteroatoms. The van der Waals surface area contributed by atoms with Gasteiger partial charge in [-0.05, 0) is 6.07 Å². The molecule has 0 heterocycles. The highest BCUT2D eigenvalue weighted by molar-refractivity contribution is 5.71. The largest absolute Gasteiger partial charge is 0.475 e. The van der Waals surface area contributed by atoms with Crippen LogP contribution in [0.4, 0.5) is 46.5 Å². The summed E-state index contributed by atoms with van der Waals surface area (Å²) in [5.41, 5.74) is -1.79. The van der Waals surface area contributed by atoms with Gasteiger partial charge < -0.3 is 9.47 Å². The molecule has 0 unspecified atom stereocenters. The molecule has 0 saturated carbocycles. The van der Waals surface area contributed by atoms with E-state index in [4.69, 9.17) is 0 Å². The lowest BCUT2D eigenvalue weighted by atomic mass is 10.1. The normalized spacial score (nSPS) is 12.6. The number of nitro groups is 2. The molecule has 0 fully saturated rings. The molecule has 0 aliphatic carbocycles. The maximum absolute atomic E-state index is 13.2. The van der Waals surface area contributed by atoms with Crippen molar-refractivity contribution >= 4 is 17.3 Å². The lowest BCUT2D eigenvalue weighted by Crippen LogP contribution is -2.59. The number of carbonyl (C=O) groups is 1. The molecule has 0 atom stereocenters. The van der Waals surface area contributed by atoms with Gasteiger partial charge in [-0.1, -0.05) is 0 Å². The van der Waals surface area contributed by atoms with Crippen LogP contribution in [-0.2, 0) is 9.53 Å². The van der Waals surface area contributed by atoms with Crippen LogP contribution in [0.25, 0.3) is 0 Å². The predicted octanol–water partition coefficient (Wildman–Crippen LogP) is 3.60. The number of rotatable bonds is 10. The summed E-state index contributed by atoms with van der Waals surface area (Å²) in [6, 6.07) is 1.77. The van der Waals surface area contributed by atoms with E-state index in [9.17, 15) is 60.1 Å². The Kier molecular flexibility index (Phi) is 7.12. The molecule has 0 radical (unpaired) electrons. The molecule has 9 nitrogen and oxygen atoms in total. The third kappa shape index (κ3) is 5.01. The fraction of sp³-hybridized carbons (Fsp3) is 0.462. The first-order chi connectivity index (χ1) is 13.5. The Hall–Kier alpha value is -3.27. The lowest BCUT2D eigenvalue weighted by Gasteiger charge is -2.31. The summed E-state index contributed by atoms with van der Waals surface area (Å²) in [5, 5.41) is 21.4. The van der Waals surface area contributed by atoms with Gasteiger partial charge >= 0.3 is 35.8 Å². The van der Waals surface area contributed by atoms with Gasteiger partial charge in [0, 0.05) is 6.07 Å². The topological polar surface area (TPSA) is 122 Å². The van der Waals surface area contributed by atoms with Gasteiger partial charge in [0.05, 0.1) is 15.9 Å². The quantitative estimate of drug-likeness (QED) is 0.228. The average molecular weight is 456 g/mol. The zero-order valence-electron chi connectivity index (χ0n) is 14.0. The molecular formula is C13H8F8N2O7. The Bertz CT molecular complexity index is 834. The molecule has 0 aliphatic heterocycles. The maximum Gasteiger partial charge on any atom is 0.381 e. The summed E-state index contributed by atoms with van der Waals surface area (Å²) in [5.74, 6) is -21.7. The summed E-state index contributed by atoms with van der Waals surface area (Å²) in [7, 11) is 0. The molecule has 0 amide bonds. The summed E-state index contributed by atoms with van der Waals surface area (Å²) in [4.78, 5) is 30.5. The third-order valence-corrected chi connectivity index (χ3v) is 3.26. The van der Waals surface area contributed by atoms with E-state index in [1.54, 1.807) is 0 Å². The van der Waals surface area contributed by atoms with Gasteiger partial charge in [-0.15, -0.1) is 0 Å². The fourth-order valence-electron chi connectivity index (χ4n) is 1.71. The second-order valence-electron chi connectivity index (χ2n) is 5.32. The van der Waals surface area contributed by atoms with Gasteiger partial charge in [0.25, 0.3) is 5.69 Å². The Morgan fingerprint density at radius 1 is 1.03 bits per heavy atom. The maximum atomic E-state index is 13.2. The standard InChI is InChI=1S/C13H8F8N2O7/c14-10(15)12(18,19)13(20,21)11(16,17)5-30-9(24)4-29-8-2-1-6(22(25)26)3-7(8)23(27)28/h1-3,10H,4-5H2. The first-order valence-electron chi connectivity index (χ1n) is 7.17. The summed E-state index contributed by atoms with van der Waals surface area (Å²) in [6.07, 6.45) is -5.15. The summed E-state index contributed by atoms with van der Waals surface area (Å²) >= 11 is 0. The number of hydrogen-bond acceptors (Lipinski definition) is 7. The molecule has 0 aromatic heterocycles. The zero-order valence-corrected chi connectivity index (χ0v) is 14.0. The highest BCUT2D eigenvalue weighted by Gasteiger charge is 2.75. The lowest BCUT2D eigenvalue weighted by molar-refractivity contribution is -0.394. The Morgan fingerprint density at radius 3 is 2.07 bits per heavy atom. The van der Waals surface area contributed by atoms with Gasteiger partial charge in [0.2, 0.25) is 0 Å². The number of benzene rings is 1. The minimum atomic E-state index is -6.59. The Morgan fingerprint density at radius 2 is 1.60 bits per heavy atom. The average Bonchev–Trinajstić information content (AvgIpc) is 2.63. The van der Waals surface area contributed by atoms with Gasteiger partial charge in [-0.25, -0.2) is 13.6 Å². The Labute approximate surface area is 159 Å². The summed E-state index contributed by atoms with van der Waals surface area (Å²) < 4.78 is 110. The highest BCUT2D eigenvalue weighted by atomic mass is 19.4. The first-order valence-corrected chi connectivity index (χ1v) is 7.17. The fourth-order valence-corrected chi connectivity index (χ4v) is 1.71. The molecule has 0 bridgehead atoms. The number of hydrogen-bond donors (Lipinski definition) is 0. The van der Waals surface area contributed by atoms with E-state index in [-0.39, 0.29) is 0 Å². The van der Waals surface area contributed by atoms with Crippen LogP contribution in [0.2, 0.25) is 0 Å². The minimum absolute atomic E-state index is 0.418. The molecule has 30 heavy (non-hydrogen) atoms. The minimum Gasteiger partial charge on any atom is -0.475 e. The van der Waals surface area contributed by atoms with Gasteiger partial charge in [0.1, 0.15) is 0 Å². The number of nitro benzene ring substituents is 2. The van der Waals surface area contributed by atoms with Crippen LogP contribution < -0.4 is 4.74 Å². The van der Waals surface area contributed by atoms with Gasteiger partial charge in [-0.2, -0.15) is 26.3 Å². The van der Waals surface area contributed by atoms with Crippen LogP contribution >= 0.6 is 0 Å². The van der Waals surface area contributed by atoms with E-state index < -0.39 is 70.3 Å². The number of nitrogens with zero attached hydrogens (tertiary/aromatic N) is 2. The summed E-state index contributed by atoms with van der Waals surface area (Å²) in [6.45, 7) is -4.20. The van der Waals surface area contributed by atoms with Crippen LogP contribution in [0.15, 0.2) is 18.2 Å². The molecule has 1 rings (SSSR count). The highest BCUT2D eigenvalue weighted by Crippen LogP contribution is 2.48. The monoisotopic (exact) mass is 456 g/mol. The van der Waals surface area contributed by atoms with E-state index in [1.165, 1.54) is 0 Å². The molecular weight excluding hydrogens is 448 g/mol. The number of non-ortho nitro benzene ring substituents is 1. The van der Waals surface area contributed by atoms with Crippen molar-refractivity contribution < 1.29 is 59.2 Å². The van der Waals surface area contributed by atoms with Crippen molar-refractivity contribution in [3.05, 3.63) is 38.4 Å². The van der Waals surface area contributed by atoms with E-state index in [1.807, 2.05) is 0 Å². The van der Waals surface area contributed by atoms with E-state index in [0.717, 1.165) is 0 Å². The van der Waals surface area contributed by atoms with Crippen molar-refractivity contribution in [3.63, 3.8) is 0 Å². The number of esters is 1. The third-order valence-electron chi connectivity index (χ3n) is 3.26. The van der Waals surface area contributed by atoms with Crippen LogP contribution in [0, 0.1) is 20.2 Å². The molecule has 0 aliphatic rings. The van der Waals surface area contributed by atoms with Gasteiger partial charge in [0.15, 0.2) is 19.0 Å². The van der Waals surface area contributed by atoms with E-state index >= 15 is 0 Å². The molecule has 1 aromatic carbocycles. The van der Waals surface area contributed by atoms with Crippen LogP contribution in [0.5, 0.6) is 5.75 Å². The smallest absolute Gasteiger partial charge is 0.381 e. The van der Waals surface area contributed by atoms with Gasteiger partial charge in [-0.3, -0.25) is 20.2 Å². The number of carbonyl (C=O) groups excluding carboxylic acids is 1. The van der Waals surface area contributed by atoms with E-state index in [0.29, 0.717) is 18.2 Å². The predicted molar refractivity (Wildman–Crippen MR) is 77.0 cm³/mol. The molecule has 0 spiro atoms. The first kappa shape index (κ1) is 24.8. The molecule has 0 saturated heterocycles. The number of halogens is 8. The van der Waals surface area contributed by atoms with Crippen molar-refractivity contribution in [3.8, 4) is 5.75 Å².